The Kier molecular flexibility index (Phi) is 10.1. The van der Waals surface area contributed by atoms with Crippen molar-refractivity contribution in [2.24, 2.45) is 10.9 Å². The summed E-state index contributed by atoms with van der Waals surface area (Å²) in [5.41, 5.74) is 1.95. The average Bonchev–Trinajstić information content (AvgIpc) is 3.59. The smallest absolute Gasteiger partial charge is 0.227 e. The van der Waals surface area contributed by atoms with Gasteiger partial charge in [0, 0.05) is 31.7 Å². The average molecular weight is 566 g/mol. The first-order valence-electron chi connectivity index (χ1n) is 11.8. The number of carbonyl (C=O) groups is 1. The molecule has 4 rings (SSSR count). The number of benzene rings is 1. The number of guanidine groups is 1. The number of furan rings is 1. The number of nitrogens with zero attached hydrogens (tertiary/aromatic N) is 2. The van der Waals surface area contributed by atoms with Gasteiger partial charge in [0.25, 0.3) is 0 Å². The van der Waals surface area contributed by atoms with Crippen LogP contribution in [0.15, 0.2) is 52.1 Å². The molecule has 3 N–H and O–H groups in total. The third kappa shape index (κ3) is 7.20. The fourth-order valence-corrected chi connectivity index (χ4v) is 4.73. The lowest BCUT2D eigenvalue weighted by Gasteiger charge is -2.26. The minimum Gasteiger partial charge on any atom is -0.468 e. The van der Waals surface area contributed by atoms with Crippen LogP contribution in [0.5, 0.6) is 0 Å². The van der Waals surface area contributed by atoms with Crippen molar-refractivity contribution in [3.05, 3.63) is 54.0 Å². The molecule has 33 heavy (non-hydrogen) atoms. The Labute approximate surface area is 213 Å². The molecule has 0 spiro atoms. The van der Waals surface area contributed by atoms with E-state index in [2.05, 4.69) is 31.9 Å². The normalized spacial score (nSPS) is 18.0. The van der Waals surface area contributed by atoms with E-state index in [1.165, 1.54) is 12.8 Å². The highest BCUT2D eigenvalue weighted by atomic mass is 127. The molecular weight excluding hydrogens is 529 g/mol. The standard InChI is InChI=1S/C25H35N5O2.HI/c1-26-25(28-18-22(23-12-7-15-32-23)30-13-4-5-14-30)27-17-19-8-6-11-21(16-19)29-24(31)20-9-2-3-10-20;/h6-8,11-12,15-16,20,22H,2-5,9-10,13-14,17-18H2,1H3,(H,29,31)(H2,26,27,28);1H. The van der Waals surface area contributed by atoms with Gasteiger partial charge in [-0.25, -0.2) is 0 Å². The van der Waals surface area contributed by atoms with Crippen molar-refractivity contribution in [2.45, 2.75) is 51.1 Å². The number of hydrogen-bond acceptors (Lipinski definition) is 4. The first kappa shape index (κ1) is 25.6. The number of halogens is 1. The lowest BCUT2D eigenvalue weighted by atomic mass is 10.1. The fraction of sp³-hybridized carbons (Fsp3) is 0.520. The number of hydrogen-bond donors (Lipinski definition) is 3. The van der Waals surface area contributed by atoms with Crippen molar-refractivity contribution in [1.82, 2.24) is 15.5 Å². The predicted molar refractivity (Wildman–Crippen MR) is 143 cm³/mol. The lowest BCUT2D eigenvalue weighted by Crippen LogP contribution is -2.42. The molecule has 1 atom stereocenters. The molecule has 1 aromatic heterocycles. The van der Waals surface area contributed by atoms with Gasteiger partial charge in [-0.1, -0.05) is 25.0 Å². The molecule has 1 aliphatic carbocycles. The van der Waals surface area contributed by atoms with Crippen molar-refractivity contribution in [2.75, 3.05) is 32.0 Å². The summed E-state index contributed by atoms with van der Waals surface area (Å²) in [7, 11) is 1.78. The Morgan fingerprint density at radius 3 is 2.61 bits per heavy atom. The van der Waals surface area contributed by atoms with Crippen molar-refractivity contribution in [3.63, 3.8) is 0 Å². The van der Waals surface area contributed by atoms with Crippen LogP contribution in [0.1, 0.15) is 55.9 Å². The number of anilines is 1. The third-order valence-electron chi connectivity index (χ3n) is 6.52. The van der Waals surface area contributed by atoms with Gasteiger partial charge in [0.2, 0.25) is 5.91 Å². The highest BCUT2D eigenvalue weighted by molar-refractivity contribution is 14.0. The van der Waals surface area contributed by atoms with Crippen LogP contribution in [-0.4, -0.2) is 43.4 Å². The lowest BCUT2D eigenvalue weighted by molar-refractivity contribution is -0.119. The molecule has 1 aliphatic heterocycles. The summed E-state index contributed by atoms with van der Waals surface area (Å²) in [5.74, 6) is 2.05. The molecule has 180 valence electrons. The van der Waals surface area contributed by atoms with Crippen molar-refractivity contribution >= 4 is 41.5 Å². The zero-order valence-corrected chi connectivity index (χ0v) is 21.7. The molecule has 1 aromatic carbocycles. The Bertz CT molecular complexity index is 890. The highest BCUT2D eigenvalue weighted by Gasteiger charge is 2.26. The first-order valence-corrected chi connectivity index (χ1v) is 11.8. The molecule has 0 bridgehead atoms. The summed E-state index contributed by atoms with van der Waals surface area (Å²) in [5, 5.41) is 9.93. The van der Waals surface area contributed by atoms with E-state index in [-0.39, 0.29) is 41.8 Å². The maximum atomic E-state index is 12.4. The largest absolute Gasteiger partial charge is 0.468 e. The summed E-state index contributed by atoms with van der Waals surface area (Å²) >= 11 is 0. The van der Waals surface area contributed by atoms with Crippen LogP contribution in [0.4, 0.5) is 5.69 Å². The zero-order chi connectivity index (χ0) is 22.2. The minimum absolute atomic E-state index is 0. The molecule has 1 amide bonds. The second kappa shape index (κ2) is 13.0. The summed E-state index contributed by atoms with van der Waals surface area (Å²) in [4.78, 5) is 19.3. The number of aliphatic imine (C=N–C) groups is 1. The molecule has 2 aliphatic rings. The summed E-state index contributed by atoms with van der Waals surface area (Å²) in [6, 6.07) is 12.2. The second-order valence-corrected chi connectivity index (χ2v) is 8.75. The summed E-state index contributed by atoms with van der Waals surface area (Å²) in [6.07, 6.45) is 8.54. The molecule has 0 radical (unpaired) electrons. The van der Waals surface area contributed by atoms with Crippen molar-refractivity contribution in [1.29, 1.82) is 0 Å². The number of amides is 1. The van der Waals surface area contributed by atoms with Crippen molar-refractivity contribution < 1.29 is 9.21 Å². The quantitative estimate of drug-likeness (QED) is 0.249. The van der Waals surface area contributed by atoms with E-state index in [4.69, 9.17) is 4.42 Å². The van der Waals surface area contributed by atoms with Gasteiger partial charge in [-0.2, -0.15) is 0 Å². The van der Waals surface area contributed by atoms with Gasteiger partial charge in [-0.3, -0.25) is 14.7 Å². The van der Waals surface area contributed by atoms with Gasteiger partial charge >= 0.3 is 0 Å². The molecule has 7 nitrogen and oxygen atoms in total. The first-order chi connectivity index (χ1) is 15.7. The van der Waals surface area contributed by atoms with Crippen LogP contribution in [0.2, 0.25) is 0 Å². The second-order valence-electron chi connectivity index (χ2n) is 8.75. The maximum absolute atomic E-state index is 12.4. The van der Waals surface area contributed by atoms with E-state index in [1.807, 2.05) is 30.3 Å². The molecule has 2 fully saturated rings. The van der Waals surface area contributed by atoms with Gasteiger partial charge in [-0.15, -0.1) is 24.0 Å². The summed E-state index contributed by atoms with van der Waals surface area (Å²) in [6.45, 7) is 3.55. The molecule has 2 aromatic rings. The van der Waals surface area contributed by atoms with Crippen LogP contribution >= 0.6 is 24.0 Å². The topological polar surface area (TPSA) is 81.9 Å². The maximum Gasteiger partial charge on any atom is 0.227 e. The minimum atomic E-state index is 0. The van der Waals surface area contributed by atoms with Crippen LogP contribution in [0.25, 0.3) is 0 Å². The third-order valence-corrected chi connectivity index (χ3v) is 6.52. The van der Waals surface area contributed by atoms with Crippen LogP contribution in [0.3, 0.4) is 0 Å². The molecule has 2 heterocycles. The SMILES string of the molecule is CN=C(NCc1cccc(NC(=O)C2CCCC2)c1)NCC(c1ccco1)N1CCCC1.I. The van der Waals surface area contributed by atoms with Crippen LogP contribution in [-0.2, 0) is 11.3 Å². The summed E-state index contributed by atoms with van der Waals surface area (Å²) < 4.78 is 5.71. The van der Waals surface area contributed by atoms with Crippen LogP contribution < -0.4 is 16.0 Å². The monoisotopic (exact) mass is 565 g/mol. The van der Waals surface area contributed by atoms with E-state index < -0.39 is 0 Å². The van der Waals surface area contributed by atoms with Gasteiger partial charge in [0.1, 0.15) is 5.76 Å². The molecular formula is C25H36IN5O2. The molecule has 8 heteroatoms. The number of likely N-dealkylation sites (tertiary alicyclic amines) is 1. The van der Waals surface area contributed by atoms with E-state index in [0.29, 0.717) is 6.54 Å². The predicted octanol–water partition coefficient (Wildman–Crippen LogP) is 4.53. The Morgan fingerprint density at radius 2 is 1.91 bits per heavy atom. The van der Waals surface area contributed by atoms with Gasteiger partial charge in [-0.05, 0) is 68.6 Å². The highest BCUT2D eigenvalue weighted by Crippen LogP contribution is 2.26. The Balaban J connectivity index is 0.00000306. The number of nitrogens with one attached hydrogen (secondary N) is 3. The fourth-order valence-electron chi connectivity index (χ4n) is 4.73. The Hall–Kier alpha value is -2.07. The van der Waals surface area contributed by atoms with Gasteiger partial charge in [0.15, 0.2) is 5.96 Å². The number of carbonyl (C=O) groups excluding carboxylic acids is 1. The van der Waals surface area contributed by atoms with E-state index in [1.54, 1.807) is 13.3 Å². The van der Waals surface area contributed by atoms with E-state index in [9.17, 15) is 4.79 Å². The van der Waals surface area contributed by atoms with Gasteiger partial charge < -0.3 is 20.4 Å². The van der Waals surface area contributed by atoms with Gasteiger partial charge in [0.05, 0.1) is 12.3 Å². The molecule has 1 saturated heterocycles. The van der Waals surface area contributed by atoms with E-state index in [0.717, 1.165) is 68.3 Å². The van der Waals surface area contributed by atoms with Crippen LogP contribution in [0, 0.1) is 5.92 Å². The zero-order valence-electron chi connectivity index (χ0n) is 19.4. The Morgan fingerprint density at radius 1 is 1.12 bits per heavy atom. The molecule has 1 saturated carbocycles. The molecule has 1 unspecified atom stereocenters. The number of rotatable bonds is 8. The van der Waals surface area contributed by atoms with E-state index >= 15 is 0 Å². The van der Waals surface area contributed by atoms with Crippen molar-refractivity contribution in [3.8, 4) is 0 Å².